The highest BCUT2D eigenvalue weighted by atomic mass is 16.5. The van der Waals surface area contributed by atoms with Crippen molar-refractivity contribution < 1.29 is 9.47 Å². The van der Waals surface area contributed by atoms with E-state index in [1.54, 1.807) is 0 Å². The van der Waals surface area contributed by atoms with Crippen LogP contribution in [0.2, 0.25) is 0 Å². The summed E-state index contributed by atoms with van der Waals surface area (Å²) in [6, 6.07) is 45.7. The predicted molar refractivity (Wildman–Crippen MR) is 202 cm³/mol. The monoisotopic (exact) mass is 636 g/mol. The summed E-state index contributed by atoms with van der Waals surface area (Å²) in [6.45, 7) is 9.52. The second-order valence-electron chi connectivity index (χ2n) is 15.2. The summed E-state index contributed by atoms with van der Waals surface area (Å²) >= 11 is 0. The standard InChI is InChI=1S/C44H37BN2O2/c1-43(2)24-25-44(3,4)40-30(43)27-39-41-42(40)49-38-26-29(22-23-32(38)45(41)31-16-8-13-21-37(31)48-39)47-35-19-11-9-17-33(35)46(28-14-6-5-7-15-28)34-18-10-12-20-36(34)47/h5-23,26-27H,24-25H2,1-4H3. The maximum absolute atomic E-state index is 7.25. The van der Waals surface area contributed by atoms with Gasteiger partial charge < -0.3 is 19.3 Å². The Balaban J connectivity index is 1.19. The molecule has 0 saturated carbocycles. The molecular weight excluding hydrogens is 599 g/mol. The summed E-state index contributed by atoms with van der Waals surface area (Å²) in [5.41, 5.74) is 12.9. The molecule has 0 radical (unpaired) electrons. The first kappa shape index (κ1) is 28.6. The molecule has 0 spiro atoms. The molecule has 0 unspecified atom stereocenters. The van der Waals surface area contributed by atoms with E-state index in [4.69, 9.17) is 9.47 Å². The van der Waals surface area contributed by atoms with E-state index in [1.807, 2.05) is 0 Å². The number of para-hydroxylation sites is 6. The molecule has 4 nitrogen and oxygen atoms in total. The molecule has 0 N–H and O–H groups in total. The third-order valence-corrected chi connectivity index (χ3v) is 11.3. The minimum atomic E-state index is -0.0303. The van der Waals surface area contributed by atoms with E-state index < -0.39 is 0 Å². The average molecular weight is 637 g/mol. The Hall–Kier alpha value is -5.42. The maximum Gasteiger partial charge on any atom is 0.260 e. The van der Waals surface area contributed by atoms with Gasteiger partial charge >= 0.3 is 0 Å². The van der Waals surface area contributed by atoms with Gasteiger partial charge in [-0.25, -0.2) is 0 Å². The van der Waals surface area contributed by atoms with Gasteiger partial charge in [0.05, 0.1) is 22.7 Å². The number of ether oxygens (including phenoxy) is 2. The van der Waals surface area contributed by atoms with Crippen LogP contribution in [-0.2, 0) is 10.8 Å². The fourth-order valence-corrected chi connectivity index (χ4v) is 8.79. The summed E-state index contributed by atoms with van der Waals surface area (Å²) in [6.07, 6.45) is 2.23. The van der Waals surface area contributed by atoms with Crippen LogP contribution in [-0.4, -0.2) is 6.71 Å². The molecule has 0 bridgehead atoms. The molecule has 3 aliphatic heterocycles. The smallest absolute Gasteiger partial charge is 0.260 e. The van der Waals surface area contributed by atoms with Crippen molar-refractivity contribution >= 4 is 57.2 Å². The summed E-state index contributed by atoms with van der Waals surface area (Å²) < 4.78 is 14.0. The second kappa shape index (κ2) is 10.1. The van der Waals surface area contributed by atoms with Gasteiger partial charge in [-0.3, -0.25) is 0 Å². The summed E-state index contributed by atoms with van der Waals surface area (Å²) in [5, 5.41) is 0. The molecule has 0 saturated heterocycles. The molecule has 0 aromatic heterocycles. The van der Waals surface area contributed by atoms with Gasteiger partial charge in [-0.2, -0.15) is 0 Å². The number of hydrogen-bond donors (Lipinski definition) is 0. The first-order valence-corrected chi connectivity index (χ1v) is 17.4. The van der Waals surface area contributed by atoms with Crippen molar-refractivity contribution in [2.24, 2.45) is 0 Å². The molecule has 0 atom stereocenters. The van der Waals surface area contributed by atoms with Crippen molar-refractivity contribution in [1.29, 1.82) is 0 Å². The zero-order valence-electron chi connectivity index (χ0n) is 28.3. The largest absolute Gasteiger partial charge is 0.458 e. The molecule has 3 heterocycles. The van der Waals surface area contributed by atoms with Gasteiger partial charge in [0.2, 0.25) is 0 Å². The number of anilines is 6. The van der Waals surface area contributed by atoms with Crippen molar-refractivity contribution in [3.8, 4) is 23.0 Å². The second-order valence-corrected chi connectivity index (χ2v) is 15.2. The van der Waals surface area contributed by atoms with Crippen LogP contribution >= 0.6 is 0 Å². The van der Waals surface area contributed by atoms with Gasteiger partial charge in [0.1, 0.15) is 23.0 Å². The lowest BCUT2D eigenvalue weighted by atomic mass is 9.34. The molecule has 4 aliphatic rings. The number of fused-ring (bicyclic) bond motifs is 8. The fraction of sp³-hybridized carbons (Fsp3) is 0.182. The summed E-state index contributed by atoms with van der Waals surface area (Å²) in [4.78, 5) is 4.75. The van der Waals surface area contributed by atoms with Gasteiger partial charge in [-0.05, 0) is 94.8 Å². The lowest BCUT2D eigenvalue weighted by Crippen LogP contribution is -2.58. The van der Waals surface area contributed by atoms with E-state index >= 15 is 0 Å². The molecule has 0 amide bonds. The summed E-state index contributed by atoms with van der Waals surface area (Å²) in [7, 11) is 0. The molecule has 49 heavy (non-hydrogen) atoms. The van der Waals surface area contributed by atoms with Crippen LogP contribution in [0.3, 0.4) is 0 Å². The van der Waals surface area contributed by atoms with Crippen molar-refractivity contribution in [3.63, 3.8) is 0 Å². The van der Waals surface area contributed by atoms with Gasteiger partial charge in [-0.1, -0.05) is 94.4 Å². The van der Waals surface area contributed by atoms with E-state index in [1.165, 1.54) is 22.1 Å². The van der Waals surface area contributed by atoms with E-state index in [-0.39, 0.29) is 17.5 Å². The zero-order valence-corrected chi connectivity index (χ0v) is 28.3. The van der Waals surface area contributed by atoms with Crippen LogP contribution in [0.1, 0.15) is 51.7 Å². The van der Waals surface area contributed by atoms with Crippen LogP contribution in [0.25, 0.3) is 0 Å². The minimum Gasteiger partial charge on any atom is -0.458 e. The molecule has 5 heteroatoms. The van der Waals surface area contributed by atoms with Gasteiger partial charge in [0.15, 0.2) is 0 Å². The van der Waals surface area contributed by atoms with Gasteiger partial charge in [-0.15, -0.1) is 0 Å². The van der Waals surface area contributed by atoms with E-state index in [0.717, 1.165) is 75.4 Å². The Bertz CT molecular complexity index is 2280. The van der Waals surface area contributed by atoms with Crippen LogP contribution in [0.4, 0.5) is 34.1 Å². The van der Waals surface area contributed by atoms with Crippen LogP contribution in [0.15, 0.2) is 127 Å². The van der Waals surface area contributed by atoms with E-state index in [0.29, 0.717) is 0 Å². The lowest BCUT2D eigenvalue weighted by Gasteiger charge is -2.45. The third kappa shape index (κ3) is 4.05. The number of benzene rings is 6. The lowest BCUT2D eigenvalue weighted by molar-refractivity contribution is 0.318. The first-order valence-electron chi connectivity index (χ1n) is 17.4. The third-order valence-electron chi connectivity index (χ3n) is 11.3. The van der Waals surface area contributed by atoms with Crippen molar-refractivity contribution in [1.82, 2.24) is 0 Å². The first-order chi connectivity index (χ1) is 23.8. The minimum absolute atomic E-state index is 0.0174. The summed E-state index contributed by atoms with van der Waals surface area (Å²) in [5.74, 6) is 3.75. The Labute approximate surface area is 288 Å². The van der Waals surface area contributed by atoms with Crippen molar-refractivity contribution in [2.75, 3.05) is 9.80 Å². The molecule has 10 rings (SSSR count). The average Bonchev–Trinajstić information content (AvgIpc) is 3.12. The Kier molecular flexibility index (Phi) is 5.86. The number of hydrogen-bond acceptors (Lipinski definition) is 4. The van der Waals surface area contributed by atoms with E-state index in [2.05, 4.69) is 165 Å². The zero-order chi connectivity index (χ0) is 33.1. The fourth-order valence-electron chi connectivity index (χ4n) is 8.79. The van der Waals surface area contributed by atoms with Crippen molar-refractivity contribution in [2.45, 2.75) is 51.4 Å². The molecule has 6 aromatic rings. The number of nitrogens with zero attached hydrogens (tertiary/aromatic N) is 2. The molecule has 238 valence electrons. The van der Waals surface area contributed by atoms with Gasteiger partial charge in [0.25, 0.3) is 6.71 Å². The number of rotatable bonds is 2. The van der Waals surface area contributed by atoms with Crippen molar-refractivity contribution in [3.05, 3.63) is 139 Å². The Morgan fingerprint density at radius 3 is 1.78 bits per heavy atom. The topological polar surface area (TPSA) is 24.9 Å². The molecule has 1 aliphatic carbocycles. The highest BCUT2D eigenvalue weighted by Crippen LogP contribution is 2.56. The predicted octanol–water partition coefficient (Wildman–Crippen LogP) is 10.0. The van der Waals surface area contributed by atoms with Crippen LogP contribution < -0.4 is 35.7 Å². The molecule has 0 fully saturated rings. The maximum atomic E-state index is 7.25. The molecule has 6 aromatic carbocycles. The Morgan fingerprint density at radius 2 is 1.08 bits per heavy atom. The van der Waals surface area contributed by atoms with Gasteiger partial charge in [0, 0.05) is 28.5 Å². The Morgan fingerprint density at radius 1 is 0.510 bits per heavy atom. The van der Waals surface area contributed by atoms with Crippen LogP contribution in [0.5, 0.6) is 23.0 Å². The molecular formula is C44H37BN2O2. The highest BCUT2D eigenvalue weighted by molar-refractivity contribution is 6.98. The van der Waals surface area contributed by atoms with E-state index in [9.17, 15) is 0 Å². The SMILES string of the molecule is CC1(C)CCC(C)(C)c2c1cc1c3c2Oc2cc(N4c5ccccc5N(c5ccccc5)c5ccccc54)ccc2B3c2ccccc2O1. The quantitative estimate of drug-likeness (QED) is 0.176. The van der Waals surface area contributed by atoms with Crippen LogP contribution in [0, 0.1) is 0 Å². The highest BCUT2D eigenvalue weighted by Gasteiger charge is 2.47. The normalized spacial score (nSPS) is 16.9.